The van der Waals surface area contributed by atoms with Crippen LogP contribution in [0.5, 0.6) is 5.75 Å². The number of carbonyl (C=O) groups is 2. The molecule has 156 valence electrons. The molecular formula is C24H25NO5. The van der Waals surface area contributed by atoms with Crippen LogP contribution in [-0.4, -0.2) is 36.8 Å². The maximum absolute atomic E-state index is 12.2. The molecule has 2 aromatic carbocycles. The second-order valence-corrected chi connectivity index (χ2v) is 6.92. The van der Waals surface area contributed by atoms with E-state index < -0.39 is 5.97 Å². The molecule has 0 bridgehead atoms. The maximum atomic E-state index is 12.2. The minimum atomic E-state index is -0.420. The Morgan fingerprint density at radius 2 is 1.83 bits per heavy atom. The average Bonchev–Trinajstić information content (AvgIpc) is 3.01. The highest BCUT2D eigenvalue weighted by atomic mass is 16.6. The monoisotopic (exact) mass is 407 g/mol. The maximum Gasteiger partial charge on any atom is 0.343 e. The summed E-state index contributed by atoms with van der Waals surface area (Å²) in [7, 11) is 1.33. The highest BCUT2D eigenvalue weighted by molar-refractivity contribution is 5.96. The first-order valence-electron chi connectivity index (χ1n) is 9.60. The predicted octanol–water partition coefficient (Wildman–Crippen LogP) is 4.20. The van der Waals surface area contributed by atoms with Crippen molar-refractivity contribution in [1.82, 2.24) is 4.57 Å². The van der Waals surface area contributed by atoms with Gasteiger partial charge in [-0.05, 0) is 55.3 Å². The Bertz CT molecular complexity index is 1080. The van der Waals surface area contributed by atoms with Crippen LogP contribution in [0.4, 0.5) is 0 Å². The SMILES string of the molecule is C=CCOC(=O)c1ccc2c(c1)c(C)c(C)n2Cc1ccc(OCC(=O)OC)cc1. The normalized spacial score (nSPS) is 10.6. The lowest BCUT2D eigenvalue weighted by molar-refractivity contribution is -0.142. The van der Waals surface area contributed by atoms with Gasteiger partial charge in [0.15, 0.2) is 6.61 Å². The van der Waals surface area contributed by atoms with Crippen LogP contribution in [0, 0.1) is 13.8 Å². The van der Waals surface area contributed by atoms with Crippen molar-refractivity contribution in [3.63, 3.8) is 0 Å². The zero-order chi connectivity index (χ0) is 21.7. The first-order chi connectivity index (χ1) is 14.4. The van der Waals surface area contributed by atoms with Crippen molar-refractivity contribution in [1.29, 1.82) is 0 Å². The van der Waals surface area contributed by atoms with Gasteiger partial charge in [0.05, 0.1) is 12.7 Å². The summed E-state index contributed by atoms with van der Waals surface area (Å²) in [5.41, 5.74) is 4.93. The number of benzene rings is 2. The van der Waals surface area contributed by atoms with Gasteiger partial charge in [0.1, 0.15) is 12.4 Å². The molecule has 0 saturated carbocycles. The number of carbonyl (C=O) groups excluding carboxylic acids is 2. The molecule has 0 saturated heterocycles. The van der Waals surface area contributed by atoms with Gasteiger partial charge in [0, 0.05) is 23.1 Å². The van der Waals surface area contributed by atoms with Crippen LogP contribution in [-0.2, 0) is 20.8 Å². The van der Waals surface area contributed by atoms with Gasteiger partial charge < -0.3 is 18.8 Å². The minimum absolute atomic E-state index is 0.117. The van der Waals surface area contributed by atoms with E-state index in [2.05, 4.69) is 29.7 Å². The third kappa shape index (κ3) is 4.54. The van der Waals surface area contributed by atoms with Crippen LogP contribution in [0.15, 0.2) is 55.1 Å². The number of aryl methyl sites for hydroxylation is 1. The Morgan fingerprint density at radius 3 is 2.50 bits per heavy atom. The summed E-state index contributed by atoms with van der Waals surface area (Å²) in [4.78, 5) is 23.4. The van der Waals surface area contributed by atoms with E-state index in [4.69, 9.17) is 9.47 Å². The van der Waals surface area contributed by atoms with Gasteiger partial charge in [0.25, 0.3) is 0 Å². The molecule has 0 N–H and O–H groups in total. The second kappa shape index (κ2) is 9.31. The molecule has 0 aliphatic rings. The van der Waals surface area contributed by atoms with Crippen molar-refractivity contribution in [3.8, 4) is 5.75 Å². The number of methoxy groups -OCH3 is 1. The van der Waals surface area contributed by atoms with Gasteiger partial charge in [0.2, 0.25) is 0 Å². The molecule has 3 rings (SSSR count). The highest BCUT2D eigenvalue weighted by Crippen LogP contribution is 2.28. The third-order valence-electron chi connectivity index (χ3n) is 5.06. The van der Waals surface area contributed by atoms with E-state index in [1.165, 1.54) is 7.11 Å². The molecule has 6 nitrogen and oxygen atoms in total. The smallest absolute Gasteiger partial charge is 0.343 e. The summed E-state index contributed by atoms with van der Waals surface area (Å²) in [6.45, 7) is 8.43. The molecule has 0 aliphatic carbocycles. The Balaban J connectivity index is 1.82. The summed E-state index contributed by atoms with van der Waals surface area (Å²) >= 11 is 0. The van der Waals surface area contributed by atoms with Crippen LogP contribution in [0.2, 0.25) is 0 Å². The van der Waals surface area contributed by atoms with Crippen molar-refractivity contribution in [3.05, 3.63) is 77.5 Å². The molecule has 0 spiro atoms. The fourth-order valence-corrected chi connectivity index (χ4v) is 3.27. The molecule has 0 amide bonds. The van der Waals surface area contributed by atoms with Gasteiger partial charge in [-0.1, -0.05) is 24.8 Å². The number of hydrogen-bond acceptors (Lipinski definition) is 5. The molecule has 0 atom stereocenters. The standard InChI is InChI=1S/C24H25NO5/c1-5-12-29-24(27)19-8-11-22-21(13-19)16(2)17(3)25(22)14-18-6-9-20(10-7-18)30-15-23(26)28-4/h5-11,13H,1,12,14-15H2,2-4H3. The van der Waals surface area contributed by atoms with Gasteiger partial charge in [-0.3, -0.25) is 0 Å². The van der Waals surface area contributed by atoms with Crippen molar-refractivity contribution in [2.24, 2.45) is 0 Å². The number of aromatic nitrogens is 1. The van der Waals surface area contributed by atoms with E-state index in [1.807, 2.05) is 36.4 Å². The number of fused-ring (bicyclic) bond motifs is 1. The fraction of sp³-hybridized carbons (Fsp3) is 0.250. The molecule has 0 radical (unpaired) electrons. The lowest BCUT2D eigenvalue weighted by Gasteiger charge is -2.10. The lowest BCUT2D eigenvalue weighted by atomic mass is 10.1. The van der Waals surface area contributed by atoms with Crippen LogP contribution < -0.4 is 4.74 Å². The molecule has 6 heteroatoms. The number of rotatable bonds is 8. The molecular weight excluding hydrogens is 382 g/mol. The number of nitrogens with zero attached hydrogens (tertiary/aromatic N) is 1. The van der Waals surface area contributed by atoms with Gasteiger partial charge in [-0.25, -0.2) is 9.59 Å². The molecule has 1 aromatic heterocycles. The van der Waals surface area contributed by atoms with Gasteiger partial charge in [-0.2, -0.15) is 0 Å². The molecule has 3 aromatic rings. The van der Waals surface area contributed by atoms with E-state index in [0.717, 1.165) is 27.7 Å². The van der Waals surface area contributed by atoms with Gasteiger partial charge in [-0.15, -0.1) is 0 Å². The zero-order valence-corrected chi connectivity index (χ0v) is 17.4. The van der Waals surface area contributed by atoms with Crippen molar-refractivity contribution >= 4 is 22.8 Å². The van der Waals surface area contributed by atoms with Crippen LogP contribution >= 0.6 is 0 Å². The molecule has 1 heterocycles. The van der Waals surface area contributed by atoms with E-state index in [9.17, 15) is 9.59 Å². The first kappa shape index (κ1) is 21.2. The van der Waals surface area contributed by atoms with Gasteiger partial charge >= 0.3 is 11.9 Å². The summed E-state index contributed by atoms with van der Waals surface area (Å²) in [6, 6.07) is 13.2. The fourth-order valence-electron chi connectivity index (χ4n) is 3.27. The Morgan fingerprint density at radius 1 is 1.10 bits per heavy atom. The average molecular weight is 407 g/mol. The number of hydrogen-bond donors (Lipinski definition) is 0. The van der Waals surface area contributed by atoms with Crippen LogP contribution in [0.3, 0.4) is 0 Å². The Hall–Kier alpha value is -3.54. The van der Waals surface area contributed by atoms with Crippen molar-refractivity contribution < 1.29 is 23.8 Å². The van der Waals surface area contributed by atoms with E-state index >= 15 is 0 Å². The highest BCUT2D eigenvalue weighted by Gasteiger charge is 2.15. The zero-order valence-electron chi connectivity index (χ0n) is 17.4. The first-order valence-corrected chi connectivity index (χ1v) is 9.60. The van der Waals surface area contributed by atoms with Crippen molar-refractivity contribution in [2.45, 2.75) is 20.4 Å². The van der Waals surface area contributed by atoms with Crippen molar-refractivity contribution in [2.75, 3.05) is 20.3 Å². The second-order valence-electron chi connectivity index (χ2n) is 6.92. The largest absolute Gasteiger partial charge is 0.482 e. The van der Waals surface area contributed by atoms with E-state index in [0.29, 0.717) is 17.9 Å². The van der Waals surface area contributed by atoms with Crippen LogP contribution in [0.25, 0.3) is 10.9 Å². The summed E-state index contributed by atoms with van der Waals surface area (Å²) in [5.74, 6) is -0.169. The van der Waals surface area contributed by atoms with E-state index in [1.54, 1.807) is 12.1 Å². The quantitative estimate of drug-likeness (QED) is 0.414. The molecule has 0 unspecified atom stereocenters. The summed E-state index contributed by atoms with van der Waals surface area (Å²) < 4.78 is 17.3. The third-order valence-corrected chi connectivity index (χ3v) is 5.06. The minimum Gasteiger partial charge on any atom is -0.482 e. The van der Waals surface area contributed by atoms with Crippen LogP contribution in [0.1, 0.15) is 27.2 Å². The number of esters is 2. The topological polar surface area (TPSA) is 66.8 Å². The predicted molar refractivity (Wildman–Crippen MR) is 115 cm³/mol. The summed E-state index contributed by atoms with van der Waals surface area (Å²) in [5, 5.41) is 1.03. The molecule has 30 heavy (non-hydrogen) atoms. The summed E-state index contributed by atoms with van der Waals surface area (Å²) in [6.07, 6.45) is 1.55. The molecule has 0 aliphatic heterocycles. The number of ether oxygens (including phenoxy) is 3. The lowest BCUT2D eigenvalue weighted by Crippen LogP contribution is -2.12. The Labute approximate surface area is 175 Å². The molecule has 0 fully saturated rings. The van der Waals surface area contributed by atoms with E-state index in [-0.39, 0.29) is 19.2 Å². The Kier molecular flexibility index (Phi) is 6.57.